The van der Waals surface area contributed by atoms with Crippen molar-refractivity contribution in [3.8, 4) is 0 Å². The summed E-state index contributed by atoms with van der Waals surface area (Å²) in [5.74, 6) is 0.656. The Balaban J connectivity index is 1.74. The molecule has 2 N–H and O–H groups in total. The number of amides is 2. The van der Waals surface area contributed by atoms with Crippen LogP contribution in [0.15, 0.2) is 12.1 Å². The molecule has 1 fully saturated rings. The first-order chi connectivity index (χ1) is 10.1. The second-order valence-electron chi connectivity index (χ2n) is 5.69. The third-order valence-corrected chi connectivity index (χ3v) is 4.07. The summed E-state index contributed by atoms with van der Waals surface area (Å²) in [5.41, 5.74) is 2.74. The van der Waals surface area contributed by atoms with Crippen LogP contribution in [0.4, 0.5) is 10.5 Å². The van der Waals surface area contributed by atoms with Crippen molar-refractivity contribution in [2.45, 2.75) is 33.1 Å². The third kappa shape index (κ3) is 4.90. The van der Waals surface area contributed by atoms with Crippen molar-refractivity contribution in [3.63, 3.8) is 0 Å². The van der Waals surface area contributed by atoms with Crippen LogP contribution in [0.5, 0.6) is 0 Å². The molecule has 4 nitrogen and oxygen atoms in total. The van der Waals surface area contributed by atoms with Gasteiger partial charge in [-0.25, -0.2) is 4.79 Å². The van der Waals surface area contributed by atoms with Gasteiger partial charge in [-0.1, -0.05) is 17.7 Å². The fraction of sp³-hybridized carbons (Fsp3) is 0.562. The molecule has 2 rings (SSSR count). The van der Waals surface area contributed by atoms with Crippen molar-refractivity contribution in [2.75, 3.05) is 25.1 Å². The summed E-state index contributed by atoms with van der Waals surface area (Å²) in [7, 11) is 0. The largest absolute Gasteiger partial charge is 0.381 e. The summed E-state index contributed by atoms with van der Waals surface area (Å²) in [6.07, 6.45) is 3.22. The second-order valence-corrected chi connectivity index (χ2v) is 6.10. The average molecular weight is 311 g/mol. The highest BCUT2D eigenvalue weighted by Crippen LogP contribution is 2.27. The SMILES string of the molecule is Cc1cc(C)c(NC(=O)NCCC[C@@H]2CCOC2)c(Cl)c1. The summed E-state index contributed by atoms with van der Waals surface area (Å²) in [5, 5.41) is 6.28. The quantitative estimate of drug-likeness (QED) is 0.810. The molecule has 21 heavy (non-hydrogen) atoms. The van der Waals surface area contributed by atoms with Gasteiger partial charge in [0.1, 0.15) is 0 Å². The van der Waals surface area contributed by atoms with Gasteiger partial charge < -0.3 is 15.4 Å². The molecule has 1 aliphatic heterocycles. The minimum atomic E-state index is -0.202. The molecule has 1 aliphatic rings. The number of carbonyl (C=O) groups excluding carboxylic acids is 1. The predicted molar refractivity (Wildman–Crippen MR) is 86.1 cm³/mol. The molecule has 0 aromatic heterocycles. The first kappa shape index (κ1) is 16.1. The lowest BCUT2D eigenvalue weighted by Gasteiger charge is -2.13. The Kier molecular flexibility index (Phi) is 5.88. The molecular weight excluding hydrogens is 288 g/mol. The molecular formula is C16H23ClN2O2. The topological polar surface area (TPSA) is 50.4 Å². The zero-order valence-electron chi connectivity index (χ0n) is 12.7. The number of ether oxygens (including phenoxy) is 1. The molecule has 1 atom stereocenters. The van der Waals surface area contributed by atoms with Crippen molar-refractivity contribution in [3.05, 3.63) is 28.3 Å². The molecule has 0 aliphatic carbocycles. The first-order valence-corrected chi connectivity index (χ1v) is 7.83. The van der Waals surface area contributed by atoms with E-state index in [9.17, 15) is 4.79 Å². The molecule has 0 unspecified atom stereocenters. The maximum absolute atomic E-state index is 11.9. The summed E-state index contributed by atoms with van der Waals surface area (Å²) in [6.45, 7) is 6.34. The van der Waals surface area contributed by atoms with Crippen LogP contribution in [0.3, 0.4) is 0 Å². The van der Waals surface area contributed by atoms with Gasteiger partial charge in [0.15, 0.2) is 0 Å². The van der Waals surface area contributed by atoms with E-state index in [0.29, 0.717) is 23.2 Å². The van der Waals surface area contributed by atoms with Gasteiger partial charge in [0.2, 0.25) is 0 Å². The third-order valence-electron chi connectivity index (χ3n) is 3.77. The van der Waals surface area contributed by atoms with E-state index in [2.05, 4.69) is 10.6 Å². The number of anilines is 1. The van der Waals surface area contributed by atoms with E-state index in [-0.39, 0.29) is 6.03 Å². The van der Waals surface area contributed by atoms with Crippen molar-refractivity contribution in [1.82, 2.24) is 5.32 Å². The molecule has 1 aromatic carbocycles. The van der Waals surface area contributed by atoms with Crippen molar-refractivity contribution in [1.29, 1.82) is 0 Å². The number of rotatable bonds is 5. The molecule has 1 aromatic rings. The van der Waals surface area contributed by atoms with Crippen LogP contribution >= 0.6 is 11.6 Å². The fourth-order valence-corrected chi connectivity index (χ4v) is 3.00. The molecule has 116 valence electrons. The Morgan fingerprint density at radius 3 is 2.90 bits per heavy atom. The Morgan fingerprint density at radius 1 is 1.43 bits per heavy atom. The minimum absolute atomic E-state index is 0.202. The van der Waals surface area contributed by atoms with Crippen LogP contribution in [0.1, 0.15) is 30.4 Å². The maximum atomic E-state index is 11.9. The van der Waals surface area contributed by atoms with Crippen molar-refractivity contribution >= 4 is 23.3 Å². The van der Waals surface area contributed by atoms with Gasteiger partial charge in [0.05, 0.1) is 10.7 Å². The minimum Gasteiger partial charge on any atom is -0.381 e. The molecule has 0 spiro atoms. The number of carbonyl (C=O) groups is 1. The Labute approximate surface area is 131 Å². The zero-order valence-corrected chi connectivity index (χ0v) is 13.4. The molecule has 0 bridgehead atoms. The van der Waals surface area contributed by atoms with Gasteiger partial charge in [-0.3, -0.25) is 0 Å². The van der Waals surface area contributed by atoms with Crippen LogP contribution in [0, 0.1) is 19.8 Å². The second kappa shape index (κ2) is 7.66. The highest BCUT2D eigenvalue weighted by atomic mass is 35.5. The van der Waals surface area contributed by atoms with E-state index in [0.717, 1.165) is 43.6 Å². The first-order valence-electron chi connectivity index (χ1n) is 7.45. The number of aryl methyl sites for hydroxylation is 2. The van der Waals surface area contributed by atoms with Gasteiger partial charge in [-0.05, 0) is 56.2 Å². The molecule has 1 heterocycles. The molecule has 0 saturated carbocycles. The highest BCUT2D eigenvalue weighted by Gasteiger charge is 2.15. The summed E-state index contributed by atoms with van der Waals surface area (Å²) in [4.78, 5) is 11.9. The molecule has 2 amide bonds. The summed E-state index contributed by atoms with van der Waals surface area (Å²) in [6, 6.07) is 3.65. The van der Waals surface area contributed by atoms with Crippen molar-refractivity contribution < 1.29 is 9.53 Å². The standard InChI is InChI=1S/C16H23ClN2O2/c1-11-8-12(2)15(14(17)9-11)19-16(20)18-6-3-4-13-5-7-21-10-13/h8-9,13H,3-7,10H2,1-2H3,(H2,18,19,20)/t13-/m1/s1. The van der Waals surface area contributed by atoms with E-state index in [1.807, 2.05) is 26.0 Å². The van der Waals surface area contributed by atoms with E-state index >= 15 is 0 Å². The van der Waals surface area contributed by atoms with E-state index in [1.165, 1.54) is 0 Å². The van der Waals surface area contributed by atoms with E-state index in [4.69, 9.17) is 16.3 Å². The average Bonchev–Trinajstić information content (AvgIpc) is 2.92. The lowest BCUT2D eigenvalue weighted by atomic mass is 10.0. The lowest BCUT2D eigenvalue weighted by molar-refractivity contribution is 0.184. The van der Waals surface area contributed by atoms with Gasteiger partial charge in [0, 0.05) is 19.8 Å². The summed E-state index contributed by atoms with van der Waals surface area (Å²) < 4.78 is 5.34. The number of urea groups is 1. The van der Waals surface area contributed by atoms with Gasteiger partial charge in [0.25, 0.3) is 0 Å². The number of halogens is 1. The highest BCUT2D eigenvalue weighted by molar-refractivity contribution is 6.34. The van der Waals surface area contributed by atoms with Crippen LogP contribution in [0.25, 0.3) is 0 Å². The Bertz CT molecular complexity index is 476. The van der Waals surface area contributed by atoms with Crippen LogP contribution in [-0.2, 0) is 4.74 Å². The number of hydrogen-bond donors (Lipinski definition) is 2. The van der Waals surface area contributed by atoms with Crippen LogP contribution < -0.4 is 10.6 Å². The van der Waals surface area contributed by atoms with Crippen LogP contribution in [0.2, 0.25) is 5.02 Å². The lowest BCUT2D eigenvalue weighted by Crippen LogP contribution is -2.30. The fourth-order valence-electron chi connectivity index (χ4n) is 2.64. The number of hydrogen-bond acceptors (Lipinski definition) is 2. The normalized spacial score (nSPS) is 17.8. The monoisotopic (exact) mass is 310 g/mol. The van der Waals surface area contributed by atoms with Gasteiger partial charge in [-0.15, -0.1) is 0 Å². The van der Waals surface area contributed by atoms with Gasteiger partial charge >= 0.3 is 6.03 Å². The number of benzene rings is 1. The Hall–Kier alpha value is -1.26. The zero-order chi connectivity index (χ0) is 15.2. The van der Waals surface area contributed by atoms with Gasteiger partial charge in [-0.2, -0.15) is 0 Å². The maximum Gasteiger partial charge on any atom is 0.319 e. The van der Waals surface area contributed by atoms with E-state index in [1.54, 1.807) is 0 Å². The Morgan fingerprint density at radius 2 is 2.24 bits per heavy atom. The van der Waals surface area contributed by atoms with E-state index < -0.39 is 0 Å². The smallest absolute Gasteiger partial charge is 0.319 e. The molecule has 1 saturated heterocycles. The van der Waals surface area contributed by atoms with Crippen LogP contribution in [-0.4, -0.2) is 25.8 Å². The summed E-state index contributed by atoms with van der Waals surface area (Å²) >= 11 is 6.17. The predicted octanol–water partition coefficient (Wildman–Crippen LogP) is 3.90. The molecule has 0 radical (unpaired) electrons. The van der Waals surface area contributed by atoms with Crippen molar-refractivity contribution in [2.24, 2.45) is 5.92 Å². The molecule has 5 heteroatoms. The number of nitrogens with one attached hydrogen (secondary N) is 2.